The van der Waals surface area contributed by atoms with Crippen LogP contribution in [0, 0.1) is 0 Å². The lowest BCUT2D eigenvalue weighted by molar-refractivity contribution is 0.553. The van der Waals surface area contributed by atoms with Gasteiger partial charge in [-0.25, -0.2) is 0 Å². The Hall–Kier alpha value is -1.30. The van der Waals surface area contributed by atoms with Crippen LogP contribution in [0.1, 0.15) is 204 Å². The van der Waals surface area contributed by atoms with Gasteiger partial charge in [0.25, 0.3) is 0 Å². The van der Waals surface area contributed by atoms with E-state index in [1.54, 1.807) is 22.1 Å². The molecule has 0 amide bonds. The Morgan fingerprint density at radius 2 is 0.714 bits per heavy atom. The molecule has 42 heavy (non-hydrogen) atoms. The third kappa shape index (κ3) is 16.5. The van der Waals surface area contributed by atoms with Crippen LogP contribution in [0.2, 0.25) is 0 Å². The summed E-state index contributed by atoms with van der Waals surface area (Å²) in [4.78, 5) is 0. The first-order valence-corrected chi connectivity index (χ1v) is 19.3. The Morgan fingerprint density at radius 3 is 1.17 bits per heavy atom. The molecule has 2 rings (SSSR count). The zero-order chi connectivity index (χ0) is 29.9. The van der Waals surface area contributed by atoms with Gasteiger partial charge in [-0.05, 0) is 66.0 Å². The molecule has 0 fully saturated rings. The van der Waals surface area contributed by atoms with Crippen molar-refractivity contribution < 1.29 is 0 Å². The maximum atomic E-state index is 2.59. The molecule has 2 aromatic carbocycles. The monoisotopic (exact) mass is 577 g/mol. The summed E-state index contributed by atoms with van der Waals surface area (Å²) >= 11 is 0. The van der Waals surface area contributed by atoms with Gasteiger partial charge in [0.2, 0.25) is 0 Å². The van der Waals surface area contributed by atoms with Gasteiger partial charge in [-0.3, -0.25) is 0 Å². The van der Waals surface area contributed by atoms with Crippen molar-refractivity contribution >= 4 is 10.8 Å². The van der Waals surface area contributed by atoms with E-state index in [1.807, 2.05) is 0 Å². The number of rotatable bonds is 29. The van der Waals surface area contributed by atoms with Crippen molar-refractivity contribution in [3.05, 3.63) is 47.0 Å². The lowest BCUT2D eigenvalue weighted by Crippen LogP contribution is -2.04. The Morgan fingerprint density at radius 1 is 0.357 bits per heavy atom. The lowest BCUT2D eigenvalue weighted by atomic mass is 9.86. The molecular weight excluding hydrogens is 504 g/mol. The molecule has 0 saturated carbocycles. The van der Waals surface area contributed by atoms with Crippen LogP contribution in [-0.2, 0) is 19.3 Å². The first kappa shape index (κ1) is 36.9. The van der Waals surface area contributed by atoms with Crippen LogP contribution in [0.4, 0.5) is 0 Å². The molecule has 2 aromatic rings. The molecule has 0 aliphatic rings. The molecular formula is C42H72. The van der Waals surface area contributed by atoms with E-state index in [2.05, 4.69) is 51.1 Å². The molecule has 0 bridgehead atoms. The molecule has 0 nitrogen and oxygen atoms in total. The zero-order valence-electron chi connectivity index (χ0n) is 28.9. The predicted octanol–water partition coefficient (Wildman–Crippen LogP) is 14.7. The minimum atomic E-state index is 1.29. The number of unbranched alkanes of at least 4 members (excludes halogenated alkanes) is 23. The Balaban J connectivity index is 1.95. The predicted molar refractivity (Wildman–Crippen MR) is 192 cm³/mol. The van der Waals surface area contributed by atoms with Crippen molar-refractivity contribution in [2.75, 3.05) is 0 Å². The molecule has 0 aromatic heterocycles. The zero-order valence-corrected chi connectivity index (χ0v) is 28.9. The van der Waals surface area contributed by atoms with E-state index in [9.17, 15) is 0 Å². The molecule has 0 atom stereocenters. The second kappa shape index (κ2) is 26.1. The maximum absolute atomic E-state index is 2.59. The van der Waals surface area contributed by atoms with Gasteiger partial charge >= 0.3 is 0 Å². The van der Waals surface area contributed by atoms with Gasteiger partial charge in [0.15, 0.2) is 0 Å². The van der Waals surface area contributed by atoms with Gasteiger partial charge in [-0.2, -0.15) is 0 Å². The van der Waals surface area contributed by atoms with Crippen LogP contribution < -0.4 is 0 Å². The molecule has 0 aliphatic heterocycles. The maximum Gasteiger partial charge on any atom is -0.0149 e. The fourth-order valence-corrected chi connectivity index (χ4v) is 7.02. The Kier molecular flexibility index (Phi) is 23.0. The van der Waals surface area contributed by atoms with Gasteiger partial charge in [0.05, 0.1) is 0 Å². The van der Waals surface area contributed by atoms with E-state index in [-0.39, 0.29) is 0 Å². The van der Waals surface area contributed by atoms with Crippen molar-refractivity contribution in [3.63, 3.8) is 0 Å². The summed E-state index contributed by atoms with van der Waals surface area (Å²) in [7, 11) is 0. The lowest BCUT2D eigenvalue weighted by Gasteiger charge is -2.19. The van der Waals surface area contributed by atoms with E-state index in [0.29, 0.717) is 0 Å². The third-order valence-corrected chi connectivity index (χ3v) is 9.73. The normalized spacial score (nSPS) is 11.6. The summed E-state index contributed by atoms with van der Waals surface area (Å²) in [5, 5.41) is 3.05. The summed E-state index contributed by atoms with van der Waals surface area (Å²) in [5.74, 6) is 0. The minimum absolute atomic E-state index is 1.29. The molecule has 0 heterocycles. The highest BCUT2D eigenvalue weighted by Gasteiger charge is 2.13. The van der Waals surface area contributed by atoms with Gasteiger partial charge in [-0.15, -0.1) is 0 Å². The quantitative estimate of drug-likeness (QED) is 0.0845. The van der Waals surface area contributed by atoms with Gasteiger partial charge < -0.3 is 0 Å². The van der Waals surface area contributed by atoms with Crippen LogP contribution in [0.3, 0.4) is 0 Å². The van der Waals surface area contributed by atoms with Gasteiger partial charge in [-0.1, -0.05) is 199 Å². The van der Waals surface area contributed by atoms with Crippen molar-refractivity contribution in [1.82, 2.24) is 0 Å². The fraction of sp³-hybridized carbons (Fsp3) is 0.762. The van der Waals surface area contributed by atoms with Crippen LogP contribution in [0.25, 0.3) is 10.8 Å². The Labute approximate surface area is 264 Å². The van der Waals surface area contributed by atoms with E-state index in [4.69, 9.17) is 0 Å². The summed E-state index contributed by atoms with van der Waals surface area (Å²) in [6.45, 7) is 6.96. The molecule has 0 saturated heterocycles. The molecule has 0 N–H and O–H groups in total. The molecule has 240 valence electrons. The van der Waals surface area contributed by atoms with E-state index in [1.165, 1.54) is 192 Å². The Bertz CT molecular complexity index is 877. The molecule has 0 unspecified atom stereocenters. The largest absolute Gasteiger partial charge is 0.0654 e. The average molecular weight is 577 g/mol. The SMILES string of the molecule is CCCCCCCCCCCCc1c(CCCCCCCC)cc2ccccc2c1CCCCCCCCCCCC. The number of aryl methyl sites for hydroxylation is 2. The van der Waals surface area contributed by atoms with Crippen molar-refractivity contribution in [2.45, 2.75) is 207 Å². The van der Waals surface area contributed by atoms with Crippen molar-refractivity contribution in [3.8, 4) is 0 Å². The molecule has 0 aliphatic carbocycles. The van der Waals surface area contributed by atoms with Crippen molar-refractivity contribution in [2.24, 2.45) is 0 Å². The first-order valence-electron chi connectivity index (χ1n) is 19.3. The summed E-state index contributed by atoms with van der Waals surface area (Å²) in [6, 6.07) is 11.9. The first-order chi connectivity index (χ1) is 20.8. The smallest absolute Gasteiger partial charge is 0.0149 e. The van der Waals surface area contributed by atoms with Crippen LogP contribution in [0.15, 0.2) is 30.3 Å². The number of fused-ring (bicyclic) bond motifs is 1. The summed E-state index contributed by atoms with van der Waals surface area (Å²) < 4.78 is 0. The molecule has 0 radical (unpaired) electrons. The number of benzene rings is 2. The summed E-state index contributed by atoms with van der Waals surface area (Å²) in [6.07, 6.45) is 40.7. The van der Waals surface area contributed by atoms with E-state index in [0.717, 1.165) is 0 Å². The van der Waals surface area contributed by atoms with Crippen LogP contribution in [-0.4, -0.2) is 0 Å². The highest BCUT2D eigenvalue weighted by atomic mass is 14.2. The van der Waals surface area contributed by atoms with Crippen LogP contribution >= 0.6 is 0 Å². The number of hydrogen-bond acceptors (Lipinski definition) is 0. The highest BCUT2D eigenvalue weighted by Crippen LogP contribution is 2.31. The van der Waals surface area contributed by atoms with E-state index >= 15 is 0 Å². The van der Waals surface area contributed by atoms with Gasteiger partial charge in [0, 0.05) is 0 Å². The number of hydrogen-bond donors (Lipinski definition) is 0. The topological polar surface area (TPSA) is 0 Å². The van der Waals surface area contributed by atoms with Gasteiger partial charge in [0.1, 0.15) is 0 Å². The molecule has 0 heteroatoms. The van der Waals surface area contributed by atoms with E-state index < -0.39 is 0 Å². The van der Waals surface area contributed by atoms with Crippen LogP contribution in [0.5, 0.6) is 0 Å². The third-order valence-electron chi connectivity index (χ3n) is 9.73. The second-order valence-corrected chi connectivity index (χ2v) is 13.6. The fourth-order valence-electron chi connectivity index (χ4n) is 7.02. The standard InChI is InChI=1S/C42H72/c1-4-7-10-13-16-18-20-22-25-28-34-40-38(32-27-24-15-12-9-6-3)37-39-33-30-31-35-41(39)42(40)36-29-26-23-21-19-17-14-11-8-5-2/h30-31,33,35,37H,4-29,32,34,36H2,1-3H3. The average Bonchev–Trinajstić information content (AvgIpc) is 3.01. The minimum Gasteiger partial charge on any atom is -0.0654 e. The molecule has 0 spiro atoms. The second-order valence-electron chi connectivity index (χ2n) is 13.6. The summed E-state index contributed by atoms with van der Waals surface area (Å²) in [5.41, 5.74) is 5.18. The van der Waals surface area contributed by atoms with Crippen molar-refractivity contribution in [1.29, 1.82) is 0 Å². The highest BCUT2D eigenvalue weighted by molar-refractivity contribution is 5.88.